The van der Waals surface area contributed by atoms with Gasteiger partial charge in [-0.25, -0.2) is 4.79 Å². The van der Waals surface area contributed by atoms with Gasteiger partial charge < -0.3 is 14.5 Å². The number of hydrogen-bond acceptors (Lipinski definition) is 4. The highest BCUT2D eigenvalue weighted by Crippen LogP contribution is 2.34. The summed E-state index contributed by atoms with van der Waals surface area (Å²) < 4.78 is 5.16. The zero-order valence-corrected chi connectivity index (χ0v) is 10.6. The van der Waals surface area contributed by atoms with Crippen molar-refractivity contribution in [3.05, 3.63) is 35.5 Å². The second kappa shape index (κ2) is 4.42. The van der Waals surface area contributed by atoms with E-state index < -0.39 is 5.97 Å². The standard InChI is InChI=1S/C14H14N2O3/c1-16-7-3-5-9-10(4-2-6-12(9)16)13-8-11(14(17)18)15-19-13/h2,4,6,8H,3,5,7H2,1H3,(H,17,18). The largest absolute Gasteiger partial charge is 0.476 e. The van der Waals surface area contributed by atoms with E-state index in [0.29, 0.717) is 5.76 Å². The highest BCUT2D eigenvalue weighted by molar-refractivity contribution is 5.87. The zero-order chi connectivity index (χ0) is 13.4. The van der Waals surface area contributed by atoms with E-state index in [-0.39, 0.29) is 5.69 Å². The number of fused-ring (bicyclic) bond motifs is 1. The number of hydrogen-bond donors (Lipinski definition) is 1. The van der Waals surface area contributed by atoms with Crippen molar-refractivity contribution in [1.82, 2.24) is 5.16 Å². The molecule has 0 unspecified atom stereocenters. The maximum Gasteiger partial charge on any atom is 0.358 e. The predicted molar refractivity (Wildman–Crippen MR) is 70.5 cm³/mol. The fourth-order valence-corrected chi connectivity index (χ4v) is 2.54. The van der Waals surface area contributed by atoms with Crippen molar-refractivity contribution in [2.45, 2.75) is 12.8 Å². The molecule has 1 aromatic heterocycles. The minimum atomic E-state index is -1.07. The van der Waals surface area contributed by atoms with E-state index in [2.05, 4.69) is 23.2 Å². The van der Waals surface area contributed by atoms with Gasteiger partial charge in [0.25, 0.3) is 0 Å². The Bertz CT molecular complexity index is 633. The van der Waals surface area contributed by atoms with Crippen LogP contribution in [0.25, 0.3) is 11.3 Å². The zero-order valence-electron chi connectivity index (χ0n) is 10.6. The third-order valence-electron chi connectivity index (χ3n) is 3.48. The summed E-state index contributed by atoms with van der Waals surface area (Å²) >= 11 is 0. The van der Waals surface area contributed by atoms with Gasteiger partial charge in [-0.1, -0.05) is 17.3 Å². The molecular formula is C14H14N2O3. The first-order valence-corrected chi connectivity index (χ1v) is 6.20. The minimum Gasteiger partial charge on any atom is -0.476 e. The highest BCUT2D eigenvalue weighted by atomic mass is 16.5. The molecule has 1 aromatic carbocycles. The summed E-state index contributed by atoms with van der Waals surface area (Å²) in [6.45, 7) is 1.03. The van der Waals surface area contributed by atoms with Crippen LogP contribution in [0.5, 0.6) is 0 Å². The van der Waals surface area contributed by atoms with Crippen LogP contribution in [0.4, 0.5) is 5.69 Å². The van der Waals surface area contributed by atoms with Gasteiger partial charge >= 0.3 is 5.97 Å². The molecule has 5 nitrogen and oxygen atoms in total. The molecule has 98 valence electrons. The molecule has 19 heavy (non-hydrogen) atoms. The summed E-state index contributed by atoms with van der Waals surface area (Å²) in [6.07, 6.45) is 2.05. The quantitative estimate of drug-likeness (QED) is 0.896. The maximum atomic E-state index is 10.9. The maximum absolute atomic E-state index is 10.9. The van der Waals surface area contributed by atoms with Crippen molar-refractivity contribution in [2.24, 2.45) is 0 Å². The van der Waals surface area contributed by atoms with Gasteiger partial charge in [-0.3, -0.25) is 0 Å². The van der Waals surface area contributed by atoms with Gasteiger partial charge in [0.05, 0.1) is 0 Å². The van der Waals surface area contributed by atoms with Crippen LogP contribution < -0.4 is 4.90 Å². The number of rotatable bonds is 2. The fraction of sp³-hybridized carbons (Fsp3) is 0.286. The number of benzene rings is 1. The molecule has 2 heterocycles. The summed E-state index contributed by atoms with van der Waals surface area (Å²) in [5, 5.41) is 12.5. The third-order valence-corrected chi connectivity index (χ3v) is 3.48. The van der Waals surface area contributed by atoms with Crippen molar-refractivity contribution in [1.29, 1.82) is 0 Å². The van der Waals surface area contributed by atoms with Gasteiger partial charge in [-0.05, 0) is 24.5 Å². The fourth-order valence-electron chi connectivity index (χ4n) is 2.54. The molecule has 0 saturated carbocycles. The molecule has 0 fully saturated rings. The van der Waals surface area contributed by atoms with Crippen molar-refractivity contribution < 1.29 is 14.4 Å². The summed E-state index contributed by atoms with van der Waals surface area (Å²) in [5.74, 6) is -0.554. The van der Waals surface area contributed by atoms with E-state index in [1.807, 2.05) is 12.1 Å². The topological polar surface area (TPSA) is 66.6 Å². The van der Waals surface area contributed by atoms with Gasteiger partial charge in [0.2, 0.25) is 0 Å². The van der Waals surface area contributed by atoms with E-state index in [1.54, 1.807) is 0 Å². The van der Waals surface area contributed by atoms with Crippen LogP contribution in [0, 0.1) is 0 Å². The molecule has 3 rings (SSSR count). The van der Waals surface area contributed by atoms with Crippen LogP contribution >= 0.6 is 0 Å². The Morgan fingerprint density at radius 1 is 1.47 bits per heavy atom. The number of aromatic carboxylic acids is 1. The van der Waals surface area contributed by atoms with E-state index in [9.17, 15) is 4.79 Å². The van der Waals surface area contributed by atoms with Crippen LogP contribution in [0.1, 0.15) is 22.5 Å². The molecule has 1 N–H and O–H groups in total. The third kappa shape index (κ3) is 1.97. The minimum absolute atomic E-state index is 0.0585. The Balaban J connectivity index is 2.09. The van der Waals surface area contributed by atoms with Crippen LogP contribution in [0.15, 0.2) is 28.8 Å². The van der Waals surface area contributed by atoms with E-state index >= 15 is 0 Å². The molecule has 5 heteroatoms. The molecule has 1 aliphatic heterocycles. The lowest BCUT2D eigenvalue weighted by Gasteiger charge is -2.28. The average Bonchev–Trinajstić information content (AvgIpc) is 2.88. The molecule has 2 aromatic rings. The molecule has 0 radical (unpaired) electrons. The van der Waals surface area contributed by atoms with Gasteiger partial charge in [-0.15, -0.1) is 0 Å². The second-order valence-corrected chi connectivity index (χ2v) is 4.71. The van der Waals surface area contributed by atoms with Gasteiger partial charge in [0, 0.05) is 30.9 Å². The van der Waals surface area contributed by atoms with Crippen molar-refractivity contribution in [3.8, 4) is 11.3 Å². The van der Waals surface area contributed by atoms with Crippen LogP contribution in [-0.4, -0.2) is 29.8 Å². The Kier molecular flexibility index (Phi) is 2.74. The Morgan fingerprint density at radius 2 is 2.32 bits per heavy atom. The van der Waals surface area contributed by atoms with Crippen LogP contribution in [-0.2, 0) is 6.42 Å². The van der Waals surface area contributed by atoms with Gasteiger partial charge in [0.1, 0.15) is 0 Å². The number of nitrogens with zero attached hydrogens (tertiary/aromatic N) is 2. The lowest BCUT2D eigenvalue weighted by Crippen LogP contribution is -2.24. The number of carboxylic acids is 1. The highest BCUT2D eigenvalue weighted by Gasteiger charge is 2.20. The van der Waals surface area contributed by atoms with Crippen molar-refractivity contribution in [3.63, 3.8) is 0 Å². The summed E-state index contributed by atoms with van der Waals surface area (Å²) in [6, 6.07) is 7.46. The monoisotopic (exact) mass is 258 g/mol. The molecule has 0 spiro atoms. The first kappa shape index (κ1) is 11.8. The smallest absolute Gasteiger partial charge is 0.358 e. The molecule has 0 bridgehead atoms. The molecular weight excluding hydrogens is 244 g/mol. The average molecular weight is 258 g/mol. The van der Waals surface area contributed by atoms with Gasteiger partial charge in [-0.2, -0.15) is 0 Å². The van der Waals surface area contributed by atoms with Crippen molar-refractivity contribution >= 4 is 11.7 Å². The normalized spacial score (nSPS) is 14.3. The molecule has 0 saturated heterocycles. The second-order valence-electron chi connectivity index (χ2n) is 4.71. The molecule has 1 aliphatic rings. The van der Waals surface area contributed by atoms with Crippen LogP contribution in [0.3, 0.4) is 0 Å². The Labute approximate surface area is 110 Å². The van der Waals surface area contributed by atoms with E-state index in [1.165, 1.54) is 17.3 Å². The molecule has 0 aliphatic carbocycles. The Morgan fingerprint density at radius 3 is 3.05 bits per heavy atom. The predicted octanol–water partition coefficient (Wildman–Crippen LogP) is 2.42. The molecule has 0 atom stereocenters. The number of anilines is 1. The van der Waals surface area contributed by atoms with E-state index in [4.69, 9.17) is 9.63 Å². The SMILES string of the molecule is CN1CCCc2c(-c3cc(C(=O)O)no3)cccc21. The van der Waals surface area contributed by atoms with Crippen LogP contribution in [0.2, 0.25) is 0 Å². The molecule has 0 amide bonds. The number of aromatic nitrogens is 1. The summed E-state index contributed by atoms with van der Waals surface area (Å²) in [5.41, 5.74) is 3.25. The Hall–Kier alpha value is -2.30. The van der Waals surface area contributed by atoms with E-state index in [0.717, 1.165) is 24.9 Å². The summed E-state index contributed by atoms with van der Waals surface area (Å²) in [7, 11) is 2.06. The van der Waals surface area contributed by atoms with Crippen molar-refractivity contribution in [2.75, 3.05) is 18.5 Å². The number of carboxylic acid groups (broad SMARTS) is 1. The summed E-state index contributed by atoms with van der Waals surface area (Å²) in [4.78, 5) is 13.1. The first-order valence-electron chi connectivity index (χ1n) is 6.20. The van der Waals surface area contributed by atoms with Gasteiger partial charge in [0.15, 0.2) is 11.5 Å². The number of carbonyl (C=O) groups is 1. The lowest BCUT2D eigenvalue weighted by molar-refractivity contribution is 0.0686. The first-order chi connectivity index (χ1) is 9.16. The lowest BCUT2D eigenvalue weighted by atomic mass is 9.95.